The van der Waals surface area contributed by atoms with E-state index in [1.165, 1.54) is 6.07 Å². The van der Waals surface area contributed by atoms with Crippen molar-refractivity contribution in [2.24, 2.45) is 11.3 Å². The van der Waals surface area contributed by atoms with Crippen LogP contribution in [0.15, 0.2) is 41.3 Å². The maximum atomic E-state index is 13.7. The van der Waals surface area contributed by atoms with Crippen molar-refractivity contribution in [3.05, 3.63) is 75.6 Å². The van der Waals surface area contributed by atoms with Gasteiger partial charge < -0.3 is 15.0 Å². The van der Waals surface area contributed by atoms with Gasteiger partial charge in [-0.3, -0.25) is 14.4 Å². The zero-order chi connectivity index (χ0) is 25.1. The second-order valence-corrected chi connectivity index (χ2v) is 9.15. The molecule has 2 fully saturated rings. The Balaban J connectivity index is 0.000000147. The molecule has 0 bridgehead atoms. The van der Waals surface area contributed by atoms with E-state index in [9.17, 15) is 37.1 Å². The molecule has 2 heterocycles. The third kappa shape index (κ3) is 3.86. The summed E-state index contributed by atoms with van der Waals surface area (Å²) in [6, 6.07) is 5.10. The minimum Gasteiger partial charge on any atom is -0.480 e. The number of nitrogens with zero attached hydrogens (tertiary/aromatic N) is 1. The first-order valence-corrected chi connectivity index (χ1v) is 11.1. The summed E-state index contributed by atoms with van der Waals surface area (Å²) in [5, 5.41) is 12.1. The average molecular weight is 488 g/mol. The number of Topliss-reactive ketones (excluding diaryl/α,β-unsaturated/α-hetero) is 1. The fourth-order valence-corrected chi connectivity index (χ4v) is 4.72. The van der Waals surface area contributed by atoms with Crippen molar-refractivity contribution >= 4 is 28.3 Å². The molecule has 2 N–H and O–H groups in total. The number of carbonyl (C=O) groups is 2. The molecular formula is C25H20F4N2O4. The zero-order valence-corrected chi connectivity index (χ0v) is 18.3. The summed E-state index contributed by atoms with van der Waals surface area (Å²) >= 11 is 0. The molecule has 0 radical (unpaired) electrons. The number of anilines is 1. The van der Waals surface area contributed by atoms with Crippen molar-refractivity contribution in [2.75, 3.05) is 11.9 Å². The van der Waals surface area contributed by atoms with Gasteiger partial charge in [0.1, 0.15) is 17.5 Å². The number of carboxylic acid groups (broad SMARTS) is 1. The van der Waals surface area contributed by atoms with Crippen molar-refractivity contribution in [3.63, 3.8) is 0 Å². The number of rotatable bonds is 3. The summed E-state index contributed by atoms with van der Waals surface area (Å²) in [6.07, 6.45) is 4.84. The lowest BCUT2D eigenvalue weighted by molar-refractivity contribution is -0.146. The molecule has 35 heavy (non-hydrogen) atoms. The third-order valence-electron chi connectivity index (χ3n) is 6.78. The molecule has 2 aliphatic carbocycles. The Hall–Kier alpha value is -3.69. The Labute approximate surface area is 196 Å². The number of halogens is 4. The largest absolute Gasteiger partial charge is 0.480 e. The Morgan fingerprint density at radius 3 is 2.26 bits per heavy atom. The van der Waals surface area contributed by atoms with Crippen LogP contribution < -0.4 is 10.7 Å². The molecule has 1 atom stereocenters. The molecule has 0 spiro atoms. The van der Waals surface area contributed by atoms with Crippen molar-refractivity contribution in [1.29, 1.82) is 0 Å². The van der Waals surface area contributed by atoms with Gasteiger partial charge in [-0.2, -0.15) is 0 Å². The average Bonchev–Trinajstić information content (AvgIpc) is 3.68. The molecule has 0 amide bonds. The first-order chi connectivity index (χ1) is 16.6. The molecule has 1 aromatic heterocycles. The van der Waals surface area contributed by atoms with Crippen LogP contribution in [0.2, 0.25) is 0 Å². The van der Waals surface area contributed by atoms with Gasteiger partial charge in [0.25, 0.3) is 0 Å². The molecule has 1 unspecified atom stereocenters. The van der Waals surface area contributed by atoms with Gasteiger partial charge >= 0.3 is 5.97 Å². The number of hydrogen-bond donors (Lipinski definition) is 2. The Morgan fingerprint density at radius 2 is 1.63 bits per heavy atom. The van der Waals surface area contributed by atoms with Gasteiger partial charge in [0.15, 0.2) is 22.4 Å². The lowest BCUT2D eigenvalue weighted by atomic mass is 9.73. The summed E-state index contributed by atoms with van der Waals surface area (Å²) in [6.45, 7) is -0.151. The van der Waals surface area contributed by atoms with Crippen LogP contribution in [0.25, 0.3) is 10.9 Å². The number of carboxylic acids is 1. The number of nitrogens with one attached hydrogen (secondary N) is 1. The van der Waals surface area contributed by atoms with E-state index in [2.05, 4.69) is 5.32 Å². The molecule has 182 valence electrons. The highest BCUT2D eigenvalue weighted by Gasteiger charge is 2.58. The Morgan fingerprint density at radius 1 is 0.971 bits per heavy atom. The molecule has 10 heteroatoms. The van der Waals surface area contributed by atoms with Crippen LogP contribution in [-0.2, 0) is 4.79 Å². The number of ketones is 1. The monoisotopic (exact) mass is 488 g/mol. The minimum absolute atomic E-state index is 0.107. The van der Waals surface area contributed by atoms with Gasteiger partial charge in [-0.05, 0) is 43.7 Å². The van der Waals surface area contributed by atoms with Crippen LogP contribution in [0.3, 0.4) is 0 Å². The summed E-state index contributed by atoms with van der Waals surface area (Å²) < 4.78 is 55.2. The molecule has 2 aromatic carbocycles. The number of fused-ring (bicyclic) bond motifs is 2. The highest BCUT2D eigenvalue weighted by molar-refractivity contribution is 6.17. The number of pyridine rings is 1. The molecule has 6 rings (SSSR count). The highest BCUT2D eigenvalue weighted by Crippen LogP contribution is 2.50. The first kappa shape index (κ1) is 23.1. The van der Waals surface area contributed by atoms with Gasteiger partial charge in [0.2, 0.25) is 0 Å². The van der Waals surface area contributed by atoms with E-state index in [0.717, 1.165) is 31.0 Å². The molecule has 2 saturated carbocycles. The van der Waals surface area contributed by atoms with E-state index in [4.69, 9.17) is 0 Å². The normalized spacial score (nSPS) is 21.1. The fourth-order valence-electron chi connectivity index (χ4n) is 4.72. The van der Waals surface area contributed by atoms with E-state index < -0.39 is 40.4 Å². The van der Waals surface area contributed by atoms with Gasteiger partial charge in [-0.15, -0.1) is 0 Å². The van der Waals surface area contributed by atoms with Crippen LogP contribution in [-0.4, -0.2) is 28.0 Å². The third-order valence-corrected chi connectivity index (χ3v) is 6.78. The summed E-state index contributed by atoms with van der Waals surface area (Å²) in [5.41, 5.74) is -2.03. The molecular weight excluding hydrogens is 468 g/mol. The molecule has 6 nitrogen and oxygen atoms in total. The fraction of sp³-hybridized carbons (Fsp3) is 0.320. The van der Waals surface area contributed by atoms with Crippen LogP contribution in [0.4, 0.5) is 23.2 Å². The summed E-state index contributed by atoms with van der Waals surface area (Å²) in [7, 11) is 0. The number of carbonyl (C=O) groups excluding carboxylic acids is 1. The quantitative estimate of drug-likeness (QED) is 0.413. The second kappa shape index (κ2) is 8.21. The number of aromatic nitrogens is 1. The van der Waals surface area contributed by atoms with Crippen LogP contribution in [0, 0.1) is 34.6 Å². The number of aliphatic carboxylic acids is 1. The maximum absolute atomic E-state index is 13.7. The Kier molecular flexibility index (Phi) is 5.41. The van der Waals surface area contributed by atoms with Gasteiger partial charge in [0, 0.05) is 42.5 Å². The molecule has 0 saturated heterocycles. The maximum Gasteiger partial charge on any atom is 0.319 e. The minimum atomic E-state index is -1.59. The van der Waals surface area contributed by atoms with Gasteiger partial charge in [-0.1, -0.05) is 0 Å². The predicted octanol–water partition coefficient (Wildman–Crippen LogP) is 4.67. The van der Waals surface area contributed by atoms with Crippen LogP contribution in [0.1, 0.15) is 42.1 Å². The van der Waals surface area contributed by atoms with Gasteiger partial charge in [-0.25, -0.2) is 17.6 Å². The summed E-state index contributed by atoms with van der Waals surface area (Å²) in [5.74, 6) is -5.33. The van der Waals surface area contributed by atoms with Crippen molar-refractivity contribution in [3.8, 4) is 0 Å². The van der Waals surface area contributed by atoms with E-state index >= 15 is 0 Å². The second-order valence-electron chi connectivity index (χ2n) is 9.15. The van der Waals surface area contributed by atoms with Crippen molar-refractivity contribution in [1.82, 2.24) is 4.57 Å². The lowest BCUT2D eigenvalue weighted by Crippen LogP contribution is -2.50. The van der Waals surface area contributed by atoms with E-state index in [0.29, 0.717) is 18.9 Å². The smallest absolute Gasteiger partial charge is 0.319 e. The van der Waals surface area contributed by atoms with E-state index in [1.807, 2.05) is 0 Å². The molecule has 3 aliphatic rings. The highest BCUT2D eigenvalue weighted by atomic mass is 19.1. The predicted molar refractivity (Wildman–Crippen MR) is 118 cm³/mol. The van der Waals surface area contributed by atoms with Crippen molar-refractivity contribution in [2.45, 2.75) is 31.7 Å². The van der Waals surface area contributed by atoms with Crippen LogP contribution in [0.5, 0.6) is 0 Å². The lowest BCUT2D eigenvalue weighted by Gasteiger charge is -2.34. The standard InChI is InChI=1S/C13H11F2NO3.C12H9F2NO/c14-7-3-8-10(9(15)4-7)16-5-13(11(8)17,12(18)19)6-1-2-6;13-7-5-9-11(16)3-4-15(8-1-2-8)12(9)10(14)6-7/h3-4,6,16H,1-2,5H2,(H,18,19);3-6,8H,1-2H2. The molecule has 3 aromatic rings. The van der Waals surface area contributed by atoms with E-state index in [1.54, 1.807) is 10.8 Å². The van der Waals surface area contributed by atoms with Crippen molar-refractivity contribution < 1.29 is 32.3 Å². The van der Waals surface area contributed by atoms with Crippen LogP contribution >= 0.6 is 0 Å². The topological polar surface area (TPSA) is 88.4 Å². The number of hydrogen-bond acceptors (Lipinski definition) is 4. The number of benzene rings is 2. The van der Waals surface area contributed by atoms with Gasteiger partial charge in [0.05, 0.1) is 16.6 Å². The Bertz CT molecular complexity index is 1450. The molecule has 1 aliphatic heterocycles. The van der Waals surface area contributed by atoms with E-state index in [-0.39, 0.29) is 46.1 Å². The SMILES string of the molecule is O=C(O)C1(C2CC2)CNc2c(F)cc(F)cc2C1=O.O=c1ccn(C2CC2)c2c(F)cc(F)cc12. The summed E-state index contributed by atoms with van der Waals surface area (Å²) in [4.78, 5) is 35.4. The zero-order valence-electron chi connectivity index (χ0n) is 18.3. The first-order valence-electron chi connectivity index (χ1n) is 11.1.